The minimum atomic E-state index is 0.692. The molecule has 0 spiro atoms. The maximum atomic E-state index is 6.25. The lowest BCUT2D eigenvalue weighted by molar-refractivity contribution is 0.669. The van der Waals surface area contributed by atoms with Gasteiger partial charge in [-0.3, -0.25) is 0 Å². The van der Waals surface area contributed by atoms with E-state index in [9.17, 15) is 0 Å². The van der Waals surface area contributed by atoms with Gasteiger partial charge in [-0.1, -0.05) is 146 Å². The fourth-order valence-corrected chi connectivity index (χ4v) is 9.23. The summed E-state index contributed by atoms with van der Waals surface area (Å²) in [7, 11) is 0. The Balaban J connectivity index is 1.16. The molecule has 0 saturated heterocycles. The van der Waals surface area contributed by atoms with Gasteiger partial charge in [0.1, 0.15) is 11.2 Å². The van der Waals surface area contributed by atoms with Crippen LogP contribution in [0.15, 0.2) is 199 Å². The third kappa shape index (κ3) is 5.58. The quantitative estimate of drug-likeness (QED) is 0.171. The van der Waals surface area contributed by atoms with Crippen molar-refractivity contribution in [2.75, 3.05) is 0 Å². The second-order valence-corrected chi connectivity index (χ2v) is 15.2. The molecular weight excluding hydrogens is 701 g/mol. The van der Waals surface area contributed by atoms with Crippen molar-refractivity contribution in [3.05, 3.63) is 194 Å². The van der Waals surface area contributed by atoms with Gasteiger partial charge in [0.2, 0.25) is 0 Å². The highest BCUT2D eigenvalue weighted by Gasteiger charge is 2.18. The highest BCUT2D eigenvalue weighted by atomic mass is 32.1. The molecule has 0 atom stereocenters. The molecule has 0 bridgehead atoms. The molecule has 0 N–H and O–H groups in total. The van der Waals surface area contributed by atoms with Crippen LogP contribution in [-0.2, 0) is 0 Å². The van der Waals surface area contributed by atoms with Crippen LogP contribution < -0.4 is 0 Å². The summed E-state index contributed by atoms with van der Waals surface area (Å²) in [5.74, 6) is 0.692. The van der Waals surface area contributed by atoms with E-state index < -0.39 is 0 Å². The predicted octanol–water partition coefficient (Wildman–Crippen LogP) is 14.7. The van der Waals surface area contributed by atoms with Gasteiger partial charge in [-0.15, -0.1) is 11.3 Å². The summed E-state index contributed by atoms with van der Waals surface area (Å²) >= 11 is 1.86. The van der Waals surface area contributed by atoms with E-state index in [1.165, 1.54) is 31.3 Å². The fraction of sp³-hybridized carbons (Fsp3) is 0. The van der Waals surface area contributed by atoms with Crippen molar-refractivity contribution >= 4 is 53.4 Å². The van der Waals surface area contributed by atoms with Gasteiger partial charge in [0.05, 0.1) is 11.4 Å². The van der Waals surface area contributed by atoms with E-state index in [2.05, 4.69) is 158 Å². The molecule has 3 aromatic heterocycles. The Morgan fingerprint density at radius 1 is 0.339 bits per heavy atom. The molecule has 4 heteroatoms. The number of rotatable bonds is 6. The van der Waals surface area contributed by atoms with Gasteiger partial charge in [-0.25, -0.2) is 9.97 Å². The average Bonchev–Trinajstić information content (AvgIpc) is 3.85. The van der Waals surface area contributed by atoms with E-state index in [1.54, 1.807) is 0 Å². The Hall–Kier alpha value is -7.14. The molecule has 0 aliphatic rings. The average molecular weight is 733 g/mol. The zero-order valence-electron chi connectivity index (χ0n) is 30.2. The Kier molecular flexibility index (Phi) is 7.68. The molecule has 8 aromatic carbocycles. The maximum absolute atomic E-state index is 6.25. The van der Waals surface area contributed by atoms with E-state index in [4.69, 9.17) is 14.4 Å². The van der Waals surface area contributed by atoms with Crippen molar-refractivity contribution < 1.29 is 4.42 Å². The van der Waals surface area contributed by atoms with Gasteiger partial charge in [0, 0.05) is 53.2 Å². The third-order valence-corrected chi connectivity index (χ3v) is 11.9. The van der Waals surface area contributed by atoms with Crippen LogP contribution in [-0.4, -0.2) is 9.97 Å². The molecule has 0 unspecified atom stereocenters. The highest BCUT2D eigenvalue weighted by Crippen LogP contribution is 2.44. The summed E-state index contributed by atoms with van der Waals surface area (Å²) in [4.78, 5) is 10.4. The van der Waals surface area contributed by atoms with Crippen LogP contribution in [0.5, 0.6) is 0 Å². The van der Waals surface area contributed by atoms with Crippen LogP contribution in [0, 0.1) is 0 Å². The lowest BCUT2D eigenvalue weighted by Crippen LogP contribution is -1.96. The minimum Gasteiger partial charge on any atom is -0.456 e. The molecule has 0 aliphatic heterocycles. The molecule has 3 heterocycles. The van der Waals surface area contributed by atoms with Crippen LogP contribution in [0.4, 0.5) is 0 Å². The number of para-hydroxylation sites is 1. The van der Waals surface area contributed by atoms with E-state index >= 15 is 0 Å². The molecule has 11 aromatic rings. The first kappa shape index (κ1) is 32.3. The molecule has 0 amide bonds. The highest BCUT2D eigenvalue weighted by molar-refractivity contribution is 7.26. The molecule has 0 radical (unpaired) electrons. The van der Waals surface area contributed by atoms with Crippen molar-refractivity contribution in [1.29, 1.82) is 0 Å². The topological polar surface area (TPSA) is 38.9 Å². The summed E-state index contributed by atoms with van der Waals surface area (Å²) < 4.78 is 8.84. The first-order valence-corrected chi connectivity index (χ1v) is 19.6. The number of furan rings is 1. The zero-order chi connectivity index (χ0) is 37.0. The first-order valence-electron chi connectivity index (χ1n) is 18.8. The van der Waals surface area contributed by atoms with Gasteiger partial charge in [-0.2, -0.15) is 0 Å². The number of hydrogen-bond donors (Lipinski definition) is 0. The Bertz CT molecular complexity index is 3190. The molecule has 11 rings (SSSR count). The third-order valence-electron chi connectivity index (χ3n) is 10.7. The monoisotopic (exact) mass is 732 g/mol. The van der Waals surface area contributed by atoms with Crippen molar-refractivity contribution in [3.63, 3.8) is 0 Å². The van der Waals surface area contributed by atoms with Crippen LogP contribution in [0.3, 0.4) is 0 Å². The Morgan fingerprint density at radius 2 is 0.946 bits per heavy atom. The van der Waals surface area contributed by atoms with Crippen LogP contribution in [0.25, 0.3) is 109 Å². The van der Waals surface area contributed by atoms with Crippen molar-refractivity contribution in [2.45, 2.75) is 0 Å². The summed E-state index contributed by atoms with van der Waals surface area (Å²) in [6, 6.07) is 68.7. The van der Waals surface area contributed by atoms with Gasteiger partial charge in [0.25, 0.3) is 0 Å². The van der Waals surface area contributed by atoms with Crippen LogP contribution in [0.2, 0.25) is 0 Å². The zero-order valence-corrected chi connectivity index (χ0v) is 31.0. The number of fused-ring (bicyclic) bond motifs is 6. The van der Waals surface area contributed by atoms with E-state index in [0.717, 1.165) is 72.3 Å². The molecule has 0 saturated carbocycles. The van der Waals surface area contributed by atoms with Crippen molar-refractivity contribution in [2.24, 2.45) is 0 Å². The van der Waals surface area contributed by atoms with Gasteiger partial charge in [0.15, 0.2) is 5.82 Å². The van der Waals surface area contributed by atoms with Gasteiger partial charge < -0.3 is 4.42 Å². The summed E-state index contributed by atoms with van der Waals surface area (Å²) in [6.45, 7) is 0. The first-order chi connectivity index (χ1) is 27.7. The van der Waals surface area contributed by atoms with Gasteiger partial charge >= 0.3 is 0 Å². The molecule has 56 heavy (non-hydrogen) atoms. The number of aromatic nitrogens is 2. The summed E-state index contributed by atoms with van der Waals surface area (Å²) in [5.41, 5.74) is 13.5. The van der Waals surface area contributed by atoms with E-state index in [0.29, 0.717) is 5.82 Å². The van der Waals surface area contributed by atoms with E-state index in [1.807, 2.05) is 47.7 Å². The standard InChI is InChI=1S/C52H32N2OS/c1-3-14-33(15-4-1)46-32-47(54-52(53-46)34-16-5-2-6-17-34)38-29-36(35-26-27-49-45(31-35)41-20-9-11-24-48(41)55-49)28-37(30-38)39-18-7-8-19-40(39)43-22-13-23-44-42-21-10-12-25-50(42)56-51(43)44/h1-32H. The molecule has 0 fully saturated rings. The minimum absolute atomic E-state index is 0.692. The fourth-order valence-electron chi connectivity index (χ4n) is 8.00. The largest absolute Gasteiger partial charge is 0.456 e. The number of benzene rings is 8. The van der Waals surface area contributed by atoms with Crippen molar-refractivity contribution in [3.8, 4) is 67.3 Å². The van der Waals surface area contributed by atoms with Crippen molar-refractivity contribution in [1.82, 2.24) is 9.97 Å². The molecule has 0 aliphatic carbocycles. The van der Waals surface area contributed by atoms with Crippen LogP contribution in [0.1, 0.15) is 0 Å². The second-order valence-electron chi connectivity index (χ2n) is 14.1. The summed E-state index contributed by atoms with van der Waals surface area (Å²) in [6.07, 6.45) is 0. The van der Waals surface area contributed by atoms with Crippen LogP contribution >= 0.6 is 11.3 Å². The number of nitrogens with zero attached hydrogens (tertiary/aromatic N) is 2. The predicted molar refractivity (Wildman–Crippen MR) is 235 cm³/mol. The Morgan fingerprint density at radius 3 is 1.79 bits per heavy atom. The lowest BCUT2D eigenvalue weighted by Gasteiger charge is -2.16. The summed E-state index contributed by atoms with van der Waals surface area (Å²) in [5, 5.41) is 4.79. The lowest BCUT2D eigenvalue weighted by atomic mass is 9.89. The number of thiophene rings is 1. The number of hydrogen-bond acceptors (Lipinski definition) is 4. The molecule has 262 valence electrons. The second kappa shape index (κ2) is 13.3. The Labute approximate surface area is 327 Å². The molecular formula is C52H32N2OS. The maximum Gasteiger partial charge on any atom is 0.160 e. The smallest absolute Gasteiger partial charge is 0.160 e. The van der Waals surface area contributed by atoms with Gasteiger partial charge in [-0.05, 0) is 76.3 Å². The normalized spacial score (nSPS) is 11.6. The molecule has 3 nitrogen and oxygen atoms in total. The SMILES string of the molecule is c1ccc(-c2cc(-c3cc(-c4ccc5oc6ccccc6c5c4)cc(-c4ccccc4-c4cccc5c4sc4ccccc45)c3)nc(-c3ccccc3)n2)cc1. The van der Waals surface area contributed by atoms with E-state index in [-0.39, 0.29) is 0 Å².